The van der Waals surface area contributed by atoms with Crippen molar-refractivity contribution in [1.29, 1.82) is 0 Å². The van der Waals surface area contributed by atoms with Crippen molar-refractivity contribution >= 4 is 27.9 Å². The number of rotatable bonds is 4. The number of hydrogen-bond donors (Lipinski definition) is 0. The van der Waals surface area contributed by atoms with Crippen LogP contribution in [0.15, 0.2) is 40.9 Å². The molecule has 0 fully saturated rings. The molecule has 2 rings (SSSR count). The summed E-state index contributed by atoms with van der Waals surface area (Å²) >= 11 is 3.30. The molecule has 0 unspecified atom stereocenters. The van der Waals surface area contributed by atoms with Gasteiger partial charge < -0.3 is 4.74 Å². The SMILES string of the molecule is COc1cc([N+](=O)[O-])c(-c2ccccc2C=O)cc1Br. The van der Waals surface area contributed by atoms with Crippen molar-refractivity contribution in [2.24, 2.45) is 0 Å². The molecule has 0 radical (unpaired) electrons. The van der Waals surface area contributed by atoms with Gasteiger partial charge in [-0.2, -0.15) is 0 Å². The van der Waals surface area contributed by atoms with Crippen LogP contribution in [0, 0.1) is 10.1 Å². The zero-order valence-electron chi connectivity index (χ0n) is 10.5. The maximum absolute atomic E-state index is 11.2. The van der Waals surface area contributed by atoms with Gasteiger partial charge in [-0.25, -0.2) is 0 Å². The molecule has 0 aliphatic heterocycles. The Hall–Kier alpha value is -2.21. The average molecular weight is 336 g/mol. The molecule has 5 nitrogen and oxygen atoms in total. The van der Waals surface area contributed by atoms with Crippen LogP contribution in [0.4, 0.5) is 5.69 Å². The third kappa shape index (κ3) is 2.55. The molecule has 0 aromatic heterocycles. The minimum absolute atomic E-state index is 0.112. The molecule has 2 aromatic rings. The number of nitro groups is 1. The predicted octanol–water partition coefficient (Wildman–Crippen LogP) is 3.85. The summed E-state index contributed by atoms with van der Waals surface area (Å²) in [6.45, 7) is 0. The lowest BCUT2D eigenvalue weighted by atomic mass is 9.99. The normalized spacial score (nSPS) is 10.1. The number of carbonyl (C=O) groups excluding carboxylic acids is 1. The van der Waals surface area contributed by atoms with Crippen LogP contribution in [0.3, 0.4) is 0 Å². The summed E-state index contributed by atoms with van der Waals surface area (Å²) < 4.78 is 5.65. The van der Waals surface area contributed by atoms with E-state index in [1.807, 2.05) is 0 Å². The van der Waals surface area contributed by atoms with Crippen LogP contribution in [0.5, 0.6) is 5.75 Å². The Morgan fingerprint density at radius 1 is 1.25 bits per heavy atom. The van der Waals surface area contributed by atoms with E-state index >= 15 is 0 Å². The molecule has 0 aliphatic carbocycles. The highest BCUT2D eigenvalue weighted by Gasteiger charge is 2.20. The van der Waals surface area contributed by atoms with Gasteiger partial charge >= 0.3 is 0 Å². The molecular weight excluding hydrogens is 326 g/mol. The van der Waals surface area contributed by atoms with Gasteiger partial charge in [0.2, 0.25) is 0 Å². The topological polar surface area (TPSA) is 69.4 Å². The Bertz CT molecular complexity index is 685. The van der Waals surface area contributed by atoms with E-state index < -0.39 is 4.92 Å². The van der Waals surface area contributed by atoms with Gasteiger partial charge in [-0.05, 0) is 27.6 Å². The molecule has 0 N–H and O–H groups in total. The highest BCUT2D eigenvalue weighted by Crippen LogP contribution is 2.39. The molecule has 2 aromatic carbocycles. The predicted molar refractivity (Wildman–Crippen MR) is 78.2 cm³/mol. The maximum atomic E-state index is 11.2. The molecule has 0 bridgehead atoms. The molecule has 0 aliphatic rings. The number of nitro benzene ring substituents is 1. The van der Waals surface area contributed by atoms with Gasteiger partial charge in [-0.15, -0.1) is 0 Å². The number of carbonyl (C=O) groups is 1. The largest absolute Gasteiger partial charge is 0.495 e. The van der Waals surface area contributed by atoms with Crippen LogP contribution in [0.1, 0.15) is 10.4 Å². The van der Waals surface area contributed by atoms with E-state index in [2.05, 4.69) is 15.9 Å². The monoisotopic (exact) mass is 335 g/mol. The van der Waals surface area contributed by atoms with Crippen molar-refractivity contribution in [3.8, 4) is 16.9 Å². The van der Waals surface area contributed by atoms with Crippen molar-refractivity contribution in [2.75, 3.05) is 7.11 Å². The third-order valence-electron chi connectivity index (χ3n) is 2.84. The molecule has 0 amide bonds. The summed E-state index contributed by atoms with van der Waals surface area (Å²) in [4.78, 5) is 21.8. The zero-order valence-corrected chi connectivity index (χ0v) is 12.1. The number of benzene rings is 2. The summed E-state index contributed by atoms with van der Waals surface area (Å²) in [6.07, 6.45) is 0.678. The Labute approximate surface area is 123 Å². The van der Waals surface area contributed by atoms with Crippen molar-refractivity contribution in [3.05, 3.63) is 56.5 Å². The van der Waals surface area contributed by atoms with Gasteiger partial charge in [-0.3, -0.25) is 14.9 Å². The molecule has 102 valence electrons. The first-order valence-electron chi connectivity index (χ1n) is 5.65. The molecule has 6 heteroatoms. The fraction of sp³-hybridized carbons (Fsp3) is 0.0714. The van der Waals surface area contributed by atoms with Gasteiger partial charge in [0.05, 0.1) is 28.1 Å². The van der Waals surface area contributed by atoms with Crippen LogP contribution < -0.4 is 4.74 Å². The number of nitrogens with zero attached hydrogens (tertiary/aromatic N) is 1. The Morgan fingerprint density at radius 3 is 2.55 bits per heavy atom. The lowest BCUT2D eigenvalue weighted by Gasteiger charge is -2.09. The molecule has 0 spiro atoms. The van der Waals surface area contributed by atoms with E-state index in [0.29, 0.717) is 33.2 Å². The van der Waals surface area contributed by atoms with E-state index in [-0.39, 0.29) is 5.69 Å². The summed E-state index contributed by atoms with van der Waals surface area (Å²) in [5.74, 6) is 0.365. The van der Waals surface area contributed by atoms with Crippen molar-refractivity contribution in [3.63, 3.8) is 0 Å². The smallest absolute Gasteiger partial charge is 0.281 e. The number of aldehydes is 1. The van der Waals surface area contributed by atoms with Crippen molar-refractivity contribution in [1.82, 2.24) is 0 Å². The third-order valence-corrected chi connectivity index (χ3v) is 3.46. The summed E-state index contributed by atoms with van der Waals surface area (Å²) in [5.41, 5.74) is 1.16. The van der Waals surface area contributed by atoms with E-state index in [1.54, 1.807) is 30.3 Å². The standard InChI is InChI=1S/C14H10BrNO4/c1-20-14-7-13(16(18)19)11(6-12(14)15)10-5-3-2-4-9(10)8-17/h2-8H,1H3. The summed E-state index contributed by atoms with van der Waals surface area (Å²) in [7, 11) is 1.43. The molecular formula is C14H10BrNO4. The number of methoxy groups -OCH3 is 1. The fourth-order valence-electron chi connectivity index (χ4n) is 1.91. The van der Waals surface area contributed by atoms with E-state index in [1.165, 1.54) is 13.2 Å². The van der Waals surface area contributed by atoms with E-state index in [0.717, 1.165) is 0 Å². The van der Waals surface area contributed by atoms with Gasteiger partial charge in [0.25, 0.3) is 5.69 Å². The van der Waals surface area contributed by atoms with Crippen LogP contribution >= 0.6 is 15.9 Å². The first kappa shape index (κ1) is 14.2. The first-order chi connectivity index (χ1) is 9.58. The molecule has 20 heavy (non-hydrogen) atoms. The van der Waals surface area contributed by atoms with Crippen LogP contribution in [0.2, 0.25) is 0 Å². The summed E-state index contributed by atoms with van der Waals surface area (Å²) in [6, 6.07) is 9.64. The quantitative estimate of drug-likeness (QED) is 0.483. The molecule has 0 saturated heterocycles. The van der Waals surface area contributed by atoms with Crippen molar-refractivity contribution < 1.29 is 14.5 Å². The Morgan fingerprint density at radius 2 is 1.95 bits per heavy atom. The van der Waals surface area contributed by atoms with Gasteiger partial charge in [-0.1, -0.05) is 24.3 Å². The average Bonchev–Trinajstić information content (AvgIpc) is 2.46. The van der Waals surface area contributed by atoms with Crippen LogP contribution in [0.25, 0.3) is 11.1 Å². The second kappa shape index (κ2) is 5.83. The van der Waals surface area contributed by atoms with Crippen molar-refractivity contribution in [2.45, 2.75) is 0 Å². The molecule has 0 saturated carbocycles. The highest BCUT2D eigenvalue weighted by atomic mass is 79.9. The summed E-state index contributed by atoms with van der Waals surface area (Å²) in [5, 5.41) is 11.2. The minimum atomic E-state index is -0.494. The molecule has 0 heterocycles. The number of halogens is 1. The van der Waals surface area contributed by atoms with E-state index in [9.17, 15) is 14.9 Å². The fourth-order valence-corrected chi connectivity index (χ4v) is 2.42. The van der Waals surface area contributed by atoms with Crippen LogP contribution in [-0.4, -0.2) is 18.3 Å². The lowest BCUT2D eigenvalue weighted by molar-refractivity contribution is -0.384. The number of ether oxygens (including phenoxy) is 1. The van der Waals surface area contributed by atoms with Gasteiger partial charge in [0.15, 0.2) is 6.29 Å². The molecule has 0 atom stereocenters. The Kier molecular flexibility index (Phi) is 4.14. The minimum Gasteiger partial charge on any atom is -0.495 e. The number of hydrogen-bond acceptors (Lipinski definition) is 4. The zero-order chi connectivity index (χ0) is 14.7. The first-order valence-corrected chi connectivity index (χ1v) is 6.44. The maximum Gasteiger partial charge on any atom is 0.281 e. The second-order valence-electron chi connectivity index (χ2n) is 3.97. The second-order valence-corrected chi connectivity index (χ2v) is 4.82. The van der Waals surface area contributed by atoms with Gasteiger partial charge in [0, 0.05) is 5.56 Å². The highest BCUT2D eigenvalue weighted by molar-refractivity contribution is 9.10. The van der Waals surface area contributed by atoms with Crippen LogP contribution in [-0.2, 0) is 0 Å². The van der Waals surface area contributed by atoms with Gasteiger partial charge in [0.1, 0.15) is 5.75 Å². The van der Waals surface area contributed by atoms with E-state index in [4.69, 9.17) is 4.74 Å². The lowest BCUT2D eigenvalue weighted by Crippen LogP contribution is -1.96. The Balaban J connectivity index is 2.76.